The molecule has 4 rings (SSSR count). The lowest BCUT2D eigenvalue weighted by Crippen LogP contribution is -2.46. The predicted molar refractivity (Wildman–Crippen MR) is 123 cm³/mol. The molecule has 31 heavy (non-hydrogen) atoms. The highest BCUT2D eigenvalue weighted by Gasteiger charge is 2.24. The first-order valence-corrected chi connectivity index (χ1v) is 11.4. The number of ether oxygens (including phenoxy) is 1. The van der Waals surface area contributed by atoms with Gasteiger partial charge in [0.05, 0.1) is 11.9 Å². The van der Waals surface area contributed by atoms with Crippen LogP contribution < -0.4 is 10.9 Å². The van der Waals surface area contributed by atoms with Crippen LogP contribution in [0.2, 0.25) is 0 Å². The summed E-state index contributed by atoms with van der Waals surface area (Å²) in [5.74, 6) is 0.678. The fourth-order valence-corrected chi connectivity index (χ4v) is 4.77. The smallest absolute Gasteiger partial charge is 0.407 e. The number of piperidine rings is 1. The Bertz CT molecular complexity index is 1110. The van der Waals surface area contributed by atoms with Crippen LogP contribution >= 0.6 is 11.3 Å². The highest BCUT2D eigenvalue weighted by Crippen LogP contribution is 2.30. The summed E-state index contributed by atoms with van der Waals surface area (Å²) in [6, 6.07) is 12.1. The Hall–Kier alpha value is -2.71. The molecule has 0 radical (unpaired) electrons. The first-order valence-electron chi connectivity index (χ1n) is 10.6. The molecule has 0 saturated carbocycles. The maximum absolute atomic E-state index is 12.6. The Kier molecular flexibility index (Phi) is 6.11. The minimum atomic E-state index is -0.497. The van der Waals surface area contributed by atoms with Crippen LogP contribution in [0.1, 0.15) is 39.4 Å². The summed E-state index contributed by atoms with van der Waals surface area (Å²) in [5, 5.41) is 3.58. The summed E-state index contributed by atoms with van der Waals surface area (Å²) in [6.45, 7) is 7.80. The van der Waals surface area contributed by atoms with Crippen LogP contribution in [-0.2, 0) is 11.3 Å². The lowest BCUT2D eigenvalue weighted by atomic mass is 10.1. The number of carbonyl (C=O) groups is 1. The van der Waals surface area contributed by atoms with Crippen molar-refractivity contribution in [3.05, 3.63) is 52.6 Å². The van der Waals surface area contributed by atoms with Crippen LogP contribution in [0, 0.1) is 0 Å². The lowest BCUT2D eigenvalue weighted by molar-refractivity contribution is 0.0477. The second-order valence-corrected chi connectivity index (χ2v) is 9.94. The standard InChI is InChI=1S/C23H28N4O3S/c1-23(2,3)30-22(29)24-16-9-11-27(12-10-16)14-19-25-20(28)17-13-18(31-21(17)26-19)15-7-5-4-6-8-15/h4-8,13,16H,9-12,14H2,1-3H3,(H,24,29)(H,25,26,28). The average Bonchev–Trinajstić information content (AvgIpc) is 3.14. The van der Waals surface area contributed by atoms with Gasteiger partial charge in [-0.05, 0) is 45.2 Å². The van der Waals surface area contributed by atoms with Crippen LogP contribution in [0.4, 0.5) is 4.79 Å². The molecule has 1 amide bonds. The van der Waals surface area contributed by atoms with Crippen molar-refractivity contribution in [1.82, 2.24) is 20.2 Å². The van der Waals surface area contributed by atoms with E-state index in [1.54, 1.807) is 11.3 Å². The number of aromatic amines is 1. The lowest BCUT2D eigenvalue weighted by Gasteiger charge is -2.32. The number of likely N-dealkylation sites (tertiary alicyclic amines) is 1. The van der Waals surface area contributed by atoms with Crippen LogP contribution in [0.25, 0.3) is 20.7 Å². The number of alkyl carbamates (subject to hydrolysis) is 1. The maximum Gasteiger partial charge on any atom is 0.407 e. The maximum atomic E-state index is 12.6. The third-order valence-corrected chi connectivity index (χ3v) is 6.27. The van der Waals surface area contributed by atoms with Crippen molar-refractivity contribution in [2.24, 2.45) is 0 Å². The van der Waals surface area contributed by atoms with E-state index in [9.17, 15) is 9.59 Å². The second kappa shape index (κ2) is 8.80. The first-order chi connectivity index (χ1) is 14.8. The Morgan fingerprint density at radius 3 is 2.65 bits per heavy atom. The molecule has 0 bridgehead atoms. The number of H-pyrrole nitrogens is 1. The van der Waals surface area contributed by atoms with E-state index in [1.165, 1.54) is 0 Å². The summed E-state index contributed by atoms with van der Waals surface area (Å²) in [7, 11) is 0. The van der Waals surface area contributed by atoms with E-state index >= 15 is 0 Å². The number of hydrogen-bond donors (Lipinski definition) is 2. The number of fused-ring (bicyclic) bond motifs is 1. The largest absolute Gasteiger partial charge is 0.444 e. The van der Waals surface area contributed by atoms with Crippen LogP contribution in [0.3, 0.4) is 0 Å². The molecule has 1 saturated heterocycles. The molecule has 8 heteroatoms. The van der Waals surface area contributed by atoms with Crippen molar-refractivity contribution < 1.29 is 9.53 Å². The van der Waals surface area contributed by atoms with Crippen LogP contribution in [0.15, 0.2) is 41.2 Å². The van der Waals surface area contributed by atoms with Crippen LogP contribution in [-0.4, -0.2) is 45.7 Å². The molecule has 0 unspecified atom stereocenters. The molecular weight excluding hydrogens is 412 g/mol. The normalized spacial score (nSPS) is 15.8. The molecule has 1 aromatic carbocycles. The number of hydrogen-bond acceptors (Lipinski definition) is 6. The van der Waals surface area contributed by atoms with Crippen molar-refractivity contribution in [3.8, 4) is 10.4 Å². The zero-order valence-electron chi connectivity index (χ0n) is 18.1. The molecule has 1 fully saturated rings. The summed E-state index contributed by atoms with van der Waals surface area (Å²) in [4.78, 5) is 36.3. The van der Waals surface area contributed by atoms with E-state index in [1.807, 2.05) is 57.2 Å². The van der Waals surface area contributed by atoms with E-state index in [4.69, 9.17) is 9.72 Å². The topological polar surface area (TPSA) is 87.3 Å². The number of nitrogens with zero attached hydrogens (tertiary/aromatic N) is 2. The molecular formula is C23H28N4O3S. The van der Waals surface area contributed by atoms with E-state index in [2.05, 4.69) is 15.2 Å². The van der Waals surface area contributed by atoms with Gasteiger partial charge in [-0.3, -0.25) is 9.69 Å². The minimum Gasteiger partial charge on any atom is -0.444 e. The minimum absolute atomic E-state index is 0.0973. The second-order valence-electron chi connectivity index (χ2n) is 8.90. The summed E-state index contributed by atoms with van der Waals surface area (Å²) in [5.41, 5.74) is 0.495. The van der Waals surface area contributed by atoms with Gasteiger partial charge in [-0.25, -0.2) is 9.78 Å². The van der Waals surface area contributed by atoms with Crippen molar-refractivity contribution in [1.29, 1.82) is 0 Å². The van der Waals surface area contributed by atoms with Crippen molar-refractivity contribution in [3.63, 3.8) is 0 Å². The van der Waals surface area contributed by atoms with Gasteiger partial charge in [0.15, 0.2) is 0 Å². The number of benzene rings is 1. The number of carbonyl (C=O) groups excluding carboxylic acids is 1. The molecule has 1 aliphatic heterocycles. The van der Waals surface area contributed by atoms with Gasteiger partial charge in [0.25, 0.3) is 5.56 Å². The third-order valence-electron chi connectivity index (χ3n) is 5.19. The molecule has 2 N–H and O–H groups in total. The van der Waals surface area contributed by atoms with E-state index in [0.717, 1.165) is 41.2 Å². The summed E-state index contributed by atoms with van der Waals surface area (Å²) in [6.07, 6.45) is 1.31. The van der Waals surface area contributed by atoms with Gasteiger partial charge < -0.3 is 15.0 Å². The van der Waals surface area contributed by atoms with E-state index < -0.39 is 5.60 Å². The van der Waals surface area contributed by atoms with Gasteiger partial charge in [0, 0.05) is 24.0 Å². The number of aromatic nitrogens is 2. The molecule has 1 aliphatic rings. The van der Waals surface area contributed by atoms with Gasteiger partial charge in [0.2, 0.25) is 0 Å². The molecule has 3 aromatic rings. The third kappa shape index (κ3) is 5.51. The average molecular weight is 441 g/mol. The van der Waals surface area contributed by atoms with Gasteiger partial charge in [-0.15, -0.1) is 11.3 Å². The Morgan fingerprint density at radius 2 is 1.97 bits per heavy atom. The fourth-order valence-electron chi connectivity index (χ4n) is 3.72. The van der Waals surface area contributed by atoms with Crippen molar-refractivity contribution in [2.45, 2.75) is 51.8 Å². The Morgan fingerprint density at radius 1 is 1.26 bits per heavy atom. The number of amides is 1. The van der Waals surface area contributed by atoms with Crippen molar-refractivity contribution in [2.75, 3.05) is 13.1 Å². The monoisotopic (exact) mass is 440 g/mol. The summed E-state index contributed by atoms with van der Waals surface area (Å²) >= 11 is 1.54. The molecule has 0 spiro atoms. The fraction of sp³-hybridized carbons (Fsp3) is 0.435. The summed E-state index contributed by atoms with van der Waals surface area (Å²) < 4.78 is 5.34. The Labute approximate surface area is 185 Å². The molecule has 164 valence electrons. The predicted octanol–water partition coefficient (Wildman–Crippen LogP) is 4.14. The molecule has 2 aromatic heterocycles. The number of thiophene rings is 1. The van der Waals surface area contributed by atoms with Gasteiger partial charge in [-0.2, -0.15) is 0 Å². The van der Waals surface area contributed by atoms with E-state index in [0.29, 0.717) is 17.8 Å². The highest BCUT2D eigenvalue weighted by atomic mass is 32.1. The molecule has 3 heterocycles. The molecule has 0 atom stereocenters. The quantitative estimate of drug-likeness (QED) is 0.637. The number of rotatable bonds is 4. The SMILES string of the molecule is CC(C)(C)OC(=O)NC1CCN(Cc2nc3sc(-c4ccccc4)cc3c(=O)[nH]2)CC1. The van der Waals surface area contributed by atoms with E-state index in [-0.39, 0.29) is 17.7 Å². The van der Waals surface area contributed by atoms with Gasteiger partial charge in [0.1, 0.15) is 16.3 Å². The zero-order chi connectivity index (χ0) is 22.0. The van der Waals surface area contributed by atoms with Crippen molar-refractivity contribution >= 4 is 27.6 Å². The highest BCUT2D eigenvalue weighted by molar-refractivity contribution is 7.21. The zero-order valence-corrected chi connectivity index (χ0v) is 18.9. The molecule has 7 nitrogen and oxygen atoms in total. The van der Waals surface area contributed by atoms with Gasteiger partial charge in [-0.1, -0.05) is 30.3 Å². The molecule has 0 aliphatic carbocycles. The van der Waals surface area contributed by atoms with Crippen LogP contribution in [0.5, 0.6) is 0 Å². The Balaban J connectivity index is 1.38. The van der Waals surface area contributed by atoms with Gasteiger partial charge >= 0.3 is 6.09 Å². The first kappa shape index (κ1) is 21.5. The number of nitrogens with one attached hydrogen (secondary N) is 2.